The molecule has 0 aliphatic carbocycles. The van der Waals surface area contributed by atoms with Crippen molar-refractivity contribution in [2.75, 3.05) is 5.32 Å². The van der Waals surface area contributed by atoms with Crippen LogP contribution in [0.5, 0.6) is 0 Å². The van der Waals surface area contributed by atoms with Crippen LogP contribution in [0.3, 0.4) is 0 Å². The van der Waals surface area contributed by atoms with Gasteiger partial charge in [-0.25, -0.2) is 4.39 Å². The Morgan fingerprint density at radius 3 is 2.68 bits per heavy atom. The van der Waals surface area contributed by atoms with Gasteiger partial charge < -0.3 is 10.4 Å². The molecule has 0 amide bonds. The lowest BCUT2D eigenvalue weighted by Gasteiger charge is -2.06. The molecular formula is C15H12ClFN4O. The molecular weight excluding hydrogens is 307 g/mol. The quantitative estimate of drug-likeness (QED) is 0.689. The third kappa shape index (κ3) is 3.08. The van der Waals surface area contributed by atoms with Gasteiger partial charge in [-0.2, -0.15) is 4.98 Å². The van der Waals surface area contributed by atoms with Crippen molar-refractivity contribution in [1.29, 1.82) is 0 Å². The largest absolute Gasteiger partial charge is 0.380 e. The van der Waals surface area contributed by atoms with E-state index in [2.05, 4.69) is 20.5 Å². The number of anilines is 2. The van der Waals surface area contributed by atoms with Gasteiger partial charge in [0, 0.05) is 5.02 Å². The second-order valence-corrected chi connectivity index (χ2v) is 5.04. The molecule has 1 heterocycles. The zero-order valence-corrected chi connectivity index (χ0v) is 12.0. The Morgan fingerprint density at radius 1 is 1.18 bits per heavy atom. The van der Waals surface area contributed by atoms with E-state index in [0.717, 1.165) is 0 Å². The lowest BCUT2D eigenvalue weighted by Crippen LogP contribution is -2.02. The van der Waals surface area contributed by atoms with E-state index in [1.165, 1.54) is 12.1 Å². The van der Waals surface area contributed by atoms with Crippen LogP contribution in [0.25, 0.3) is 0 Å². The maximum atomic E-state index is 13.7. The highest BCUT2D eigenvalue weighted by Gasteiger charge is 2.15. The minimum atomic E-state index is -0.931. The standard InChI is InChI=1S/C15H12ClFN4O/c16-10-6-7-12(11(17)8-10)18-15-19-14(20-21-15)13(22)9-4-2-1-3-5-9/h1-8,13,22H,(H2,18,19,20,21). The van der Waals surface area contributed by atoms with Crippen molar-refractivity contribution < 1.29 is 9.50 Å². The van der Waals surface area contributed by atoms with E-state index in [9.17, 15) is 9.50 Å². The van der Waals surface area contributed by atoms with E-state index in [-0.39, 0.29) is 17.5 Å². The van der Waals surface area contributed by atoms with E-state index in [1.54, 1.807) is 18.2 Å². The molecule has 3 aromatic rings. The van der Waals surface area contributed by atoms with Crippen molar-refractivity contribution in [2.24, 2.45) is 0 Å². The second-order valence-electron chi connectivity index (χ2n) is 4.61. The first kappa shape index (κ1) is 14.5. The zero-order valence-electron chi connectivity index (χ0n) is 11.3. The van der Waals surface area contributed by atoms with Crippen molar-refractivity contribution in [2.45, 2.75) is 6.10 Å². The van der Waals surface area contributed by atoms with Crippen molar-refractivity contribution in [3.8, 4) is 0 Å². The van der Waals surface area contributed by atoms with Crippen LogP contribution < -0.4 is 5.32 Å². The molecule has 3 N–H and O–H groups in total. The van der Waals surface area contributed by atoms with E-state index in [1.807, 2.05) is 18.2 Å². The van der Waals surface area contributed by atoms with Gasteiger partial charge in [-0.1, -0.05) is 41.9 Å². The van der Waals surface area contributed by atoms with Gasteiger partial charge in [-0.15, -0.1) is 5.10 Å². The Labute approximate surface area is 130 Å². The number of H-pyrrole nitrogens is 1. The molecule has 2 aromatic carbocycles. The second kappa shape index (κ2) is 6.13. The van der Waals surface area contributed by atoms with Crippen molar-refractivity contribution in [1.82, 2.24) is 15.2 Å². The molecule has 0 aliphatic heterocycles. The number of hydrogen-bond acceptors (Lipinski definition) is 4. The molecule has 3 rings (SSSR count). The average molecular weight is 319 g/mol. The van der Waals surface area contributed by atoms with Gasteiger partial charge in [0.05, 0.1) is 5.69 Å². The molecule has 0 radical (unpaired) electrons. The first-order chi connectivity index (χ1) is 10.6. The summed E-state index contributed by atoms with van der Waals surface area (Å²) in [5.74, 6) is -0.0864. The van der Waals surface area contributed by atoms with E-state index in [0.29, 0.717) is 10.6 Å². The molecule has 0 saturated carbocycles. The van der Waals surface area contributed by atoms with Crippen molar-refractivity contribution >= 4 is 23.2 Å². The van der Waals surface area contributed by atoms with Gasteiger partial charge in [-0.05, 0) is 23.8 Å². The highest BCUT2D eigenvalue weighted by molar-refractivity contribution is 6.30. The summed E-state index contributed by atoms with van der Waals surface area (Å²) in [5, 5.41) is 19.8. The van der Waals surface area contributed by atoms with E-state index in [4.69, 9.17) is 11.6 Å². The summed E-state index contributed by atoms with van der Waals surface area (Å²) in [6.45, 7) is 0. The number of benzene rings is 2. The Bertz CT molecular complexity index is 778. The topological polar surface area (TPSA) is 73.8 Å². The summed E-state index contributed by atoms with van der Waals surface area (Å²) in [4.78, 5) is 4.12. The normalized spacial score (nSPS) is 12.1. The first-order valence-corrected chi connectivity index (χ1v) is 6.88. The lowest BCUT2D eigenvalue weighted by atomic mass is 10.1. The fourth-order valence-corrected chi connectivity index (χ4v) is 2.12. The van der Waals surface area contributed by atoms with Crippen LogP contribution >= 0.6 is 11.6 Å². The Hall–Kier alpha value is -2.44. The number of aromatic nitrogens is 3. The smallest absolute Gasteiger partial charge is 0.246 e. The van der Waals surface area contributed by atoms with Crippen LogP contribution in [-0.4, -0.2) is 20.3 Å². The minimum Gasteiger partial charge on any atom is -0.380 e. The van der Waals surface area contributed by atoms with E-state index >= 15 is 0 Å². The van der Waals surface area contributed by atoms with Crippen LogP contribution in [0.2, 0.25) is 5.02 Å². The first-order valence-electron chi connectivity index (χ1n) is 6.51. The molecule has 1 unspecified atom stereocenters. The molecule has 0 aliphatic rings. The third-order valence-electron chi connectivity index (χ3n) is 3.05. The number of aliphatic hydroxyl groups excluding tert-OH is 1. The fourth-order valence-electron chi connectivity index (χ4n) is 1.96. The fraction of sp³-hybridized carbons (Fsp3) is 0.0667. The lowest BCUT2D eigenvalue weighted by molar-refractivity contribution is 0.210. The molecule has 0 spiro atoms. The Balaban J connectivity index is 1.79. The summed E-state index contributed by atoms with van der Waals surface area (Å²) in [7, 11) is 0. The summed E-state index contributed by atoms with van der Waals surface area (Å²) in [5.41, 5.74) is 0.882. The highest BCUT2D eigenvalue weighted by Crippen LogP contribution is 2.23. The molecule has 112 valence electrons. The molecule has 1 atom stereocenters. The maximum Gasteiger partial charge on any atom is 0.246 e. The van der Waals surface area contributed by atoms with Crippen LogP contribution in [0.4, 0.5) is 16.0 Å². The van der Waals surface area contributed by atoms with Gasteiger partial charge in [0.2, 0.25) is 5.95 Å². The van der Waals surface area contributed by atoms with Gasteiger partial charge in [0.1, 0.15) is 11.9 Å². The molecule has 0 bridgehead atoms. The predicted molar refractivity (Wildman–Crippen MR) is 81.6 cm³/mol. The number of halogens is 2. The zero-order chi connectivity index (χ0) is 15.5. The molecule has 0 saturated heterocycles. The predicted octanol–water partition coefficient (Wildman–Crippen LogP) is 3.42. The summed E-state index contributed by atoms with van der Waals surface area (Å²) in [6, 6.07) is 13.3. The maximum absolute atomic E-state index is 13.7. The molecule has 22 heavy (non-hydrogen) atoms. The summed E-state index contributed by atoms with van der Waals surface area (Å²) >= 11 is 5.70. The van der Waals surface area contributed by atoms with Crippen LogP contribution in [0.15, 0.2) is 48.5 Å². The van der Waals surface area contributed by atoms with Gasteiger partial charge >= 0.3 is 0 Å². The highest BCUT2D eigenvalue weighted by atomic mass is 35.5. The monoisotopic (exact) mass is 318 g/mol. The Morgan fingerprint density at radius 2 is 1.95 bits per heavy atom. The summed E-state index contributed by atoms with van der Waals surface area (Å²) in [6.07, 6.45) is -0.931. The van der Waals surface area contributed by atoms with Crippen molar-refractivity contribution in [3.63, 3.8) is 0 Å². The van der Waals surface area contributed by atoms with Gasteiger partial charge in [0.15, 0.2) is 5.82 Å². The van der Waals surface area contributed by atoms with Crippen LogP contribution in [0, 0.1) is 5.82 Å². The Kier molecular flexibility index (Phi) is 4.04. The van der Waals surface area contributed by atoms with Crippen molar-refractivity contribution in [3.05, 3.63) is 70.8 Å². The van der Waals surface area contributed by atoms with Gasteiger partial charge in [0.25, 0.3) is 0 Å². The molecule has 7 heteroatoms. The summed E-state index contributed by atoms with van der Waals surface area (Å²) < 4.78 is 13.7. The number of aliphatic hydroxyl groups is 1. The van der Waals surface area contributed by atoms with Crippen LogP contribution in [0.1, 0.15) is 17.5 Å². The van der Waals surface area contributed by atoms with E-state index < -0.39 is 11.9 Å². The average Bonchev–Trinajstić information content (AvgIpc) is 2.99. The van der Waals surface area contributed by atoms with Crippen LogP contribution in [-0.2, 0) is 0 Å². The third-order valence-corrected chi connectivity index (χ3v) is 3.29. The van der Waals surface area contributed by atoms with Gasteiger partial charge in [-0.3, -0.25) is 5.10 Å². The molecule has 5 nitrogen and oxygen atoms in total. The number of nitrogens with zero attached hydrogens (tertiary/aromatic N) is 2. The number of hydrogen-bond donors (Lipinski definition) is 3. The molecule has 0 fully saturated rings. The molecule has 1 aromatic heterocycles. The number of aromatic amines is 1. The minimum absolute atomic E-state index is 0.159. The number of nitrogens with one attached hydrogen (secondary N) is 2. The SMILES string of the molecule is OC(c1ccccc1)c1nc(Nc2ccc(Cl)cc2F)n[nH]1. The number of rotatable bonds is 4.